The Kier molecular flexibility index (Phi) is 7.98. The highest BCUT2D eigenvalue weighted by atomic mass is 32.2. The van der Waals surface area contributed by atoms with Crippen molar-refractivity contribution in [2.24, 2.45) is 5.92 Å². The van der Waals surface area contributed by atoms with Crippen molar-refractivity contribution in [1.82, 2.24) is 0 Å². The first kappa shape index (κ1) is 18.2. The molecule has 1 rings (SSSR count). The van der Waals surface area contributed by atoms with Crippen molar-refractivity contribution in [2.45, 2.75) is 43.7 Å². The smallest absolute Gasteiger partial charge is 0.305 e. The quantitative estimate of drug-likeness (QED) is 0.371. The van der Waals surface area contributed by atoms with Crippen LogP contribution in [0.2, 0.25) is 0 Å². The van der Waals surface area contributed by atoms with Crippen LogP contribution in [0.15, 0.2) is 35.2 Å². The van der Waals surface area contributed by atoms with Crippen LogP contribution in [0.5, 0.6) is 0 Å². The maximum Gasteiger partial charge on any atom is 0.305 e. The minimum atomic E-state index is -0.340. The lowest BCUT2D eigenvalue weighted by Crippen LogP contribution is -2.30. The fourth-order valence-electron chi connectivity index (χ4n) is 1.88. The van der Waals surface area contributed by atoms with E-state index in [-0.39, 0.29) is 25.5 Å². The molecule has 0 saturated carbocycles. The Morgan fingerprint density at radius 2 is 2.05 bits per heavy atom. The van der Waals surface area contributed by atoms with Crippen molar-refractivity contribution in [3.8, 4) is 0 Å². The molecule has 0 aliphatic rings. The van der Waals surface area contributed by atoms with E-state index in [1.165, 1.54) is 4.90 Å². The maximum atomic E-state index is 11.6. The first-order valence-corrected chi connectivity index (χ1v) is 8.99. The Morgan fingerprint density at radius 3 is 2.62 bits per heavy atom. The fraction of sp³-hybridized carbons (Fsp3) is 0.562. The fourth-order valence-corrected chi connectivity index (χ4v) is 3.69. The zero-order valence-electron chi connectivity index (χ0n) is 12.9. The van der Waals surface area contributed by atoms with Crippen LogP contribution in [-0.4, -0.2) is 23.5 Å². The molecule has 0 spiro atoms. The SMILES string of the molecule is CCOC(=O)CCC(C)C(C)(CSc1ccccc1)P=O. The summed E-state index contributed by atoms with van der Waals surface area (Å²) < 4.78 is 16.6. The molecule has 0 heterocycles. The zero-order chi connectivity index (χ0) is 15.7. The summed E-state index contributed by atoms with van der Waals surface area (Å²) in [5, 5.41) is -0.340. The van der Waals surface area contributed by atoms with E-state index >= 15 is 0 Å². The molecule has 0 N–H and O–H groups in total. The number of hydrogen-bond acceptors (Lipinski definition) is 4. The lowest BCUT2D eigenvalue weighted by Gasteiger charge is -2.28. The Balaban J connectivity index is 2.53. The summed E-state index contributed by atoms with van der Waals surface area (Å²) in [6.45, 7) is 6.27. The van der Waals surface area contributed by atoms with Crippen molar-refractivity contribution in [1.29, 1.82) is 0 Å². The normalized spacial score (nSPS) is 15.4. The molecular weight excluding hydrogens is 303 g/mol. The highest BCUT2D eigenvalue weighted by Gasteiger charge is 2.32. The van der Waals surface area contributed by atoms with Crippen molar-refractivity contribution in [2.75, 3.05) is 12.4 Å². The highest BCUT2D eigenvalue weighted by molar-refractivity contribution is 7.99. The molecule has 2 unspecified atom stereocenters. The van der Waals surface area contributed by atoms with E-state index in [4.69, 9.17) is 4.74 Å². The number of hydrogen-bond donors (Lipinski definition) is 0. The Labute approximate surface area is 133 Å². The van der Waals surface area contributed by atoms with Crippen molar-refractivity contribution < 1.29 is 14.1 Å². The molecule has 1 aromatic carbocycles. The van der Waals surface area contributed by atoms with Gasteiger partial charge in [0.1, 0.15) is 0 Å². The number of rotatable bonds is 9. The van der Waals surface area contributed by atoms with Crippen LogP contribution in [0.25, 0.3) is 0 Å². The van der Waals surface area contributed by atoms with Crippen LogP contribution >= 0.6 is 20.2 Å². The van der Waals surface area contributed by atoms with Gasteiger partial charge in [-0.15, -0.1) is 11.8 Å². The zero-order valence-corrected chi connectivity index (χ0v) is 14.6. The third-order valence-corrected chi connectivity index (χ3v) is 6.21. The van der Waals surface area contributed by atoms with Crippen molar-refractivity contribution in [3.63, 3.8) is 0 Å². The third kappa shape index (κ3) is 6.19. The Bertz CT molecular complexity index is 452. The van der Waals surface area contributed by atoms with Crippen LogP contribution in [-0.2, 0) is 14.1 Å². The molecule has 0 saturated heterocycles. The van der Waals surface area contributed by atoms with Gasteiger partial charge >= 0.3 is 5.97 Å². The minimum absolute atomic E-state index is 0.128. The molecule has 1 aromatic rings. The lowest BCUT2D eigenvalue weighted by atomic mass is 9.92. The second-order valence-corrected chi connectivity index (χ2v) is 7.55. The topological polar surface area (TPSA) is 43.4 Å². The monoisotopic (exact) mass is 326 g/mol. The van der Waals surface area contributed by atoms with Crippen molar-refractivity contribution in [3.05, 3.63) is 30.3 Å². The first-order valence-electron chi connectivity index (χ1n) is 7.20. The number of carbonyl (C=O) groups excluding carboxylic acids is 1. The van der Waals surface area contributed by atoms with E-state index in [2.05, 4.69) is 19.1 Å². The molecule has 0 aliphatic heterocycles. The predicted molar refractivity (Wildman–Crippen MR) is 88.2 cm³/mol. The van der Waals surface area contributed by atoms with Crippen LogP contribution in [0.4, 0.5) is 0 Å². The van der Waals surface area contributed by atoms with Gasteiger partial charge in [-0.1, -0.05) is 25.1 Å². The predicted octanol–water partition coefficient (Wildman–Crippen LogP) is 4.81. The maximum absolute atomic E-state index is 11.6. The summed E-state index contributed by atoms with van der Waals surface area (Å²) >= 11 is 1.70. The molecule has 21 heavy (non-hydrogen) atoms. The summed E-state index contributed by atoms with van der Waals surface area (Å²) in [6, 6.07) is 10.1. The molecule has 116 valence electrons. The van der Waals surface area contributed by atoms with Gasteiger partial charge in [0.05, 0.1) is 11.8 Å². The van der Waals surface area contributed by atoms with Crippen LogP contribution in [0.3, 0.4) is 0 Å². The molecule has 0 aliphatic carbocycles. The first-order chi connectivity index (χ1) is 10.0. The van der Waals surface area contributed by atoms with E-state index in [0.29, 0.717) is 19.4 Å². The van der Waals surface area contributed by atoms with Crippen LogP contribution < -0.4 is 0 Å². The van der Waals surface area contributed by atoms with Gasteiger partial charge in [-0.05, 0) is 38.3 Å². The largest absolute Gasteiger partial charge is 0.466 e. The minimum Gasteiger partial charge on any atom is -0.466 e. The Hall–Kier alpha value is -0.860. The molecule has 0 fully saturated rings. The number of ether oxygens (including phenoxy) is 1. The van der Waals surface area contributed by atoms with E-state index in [9.17, 15) is 9.36 Å². The van der Waals surface area contributed by atoms with Crippen LogP contribution in [0.1, 0.15) is 33.6 Å². The van der Waals surface area contributed by atoms with Gasteiger partial charge in [0.25, 0.3) is 0 Å². The number of esters is 1. The van der Waals surface area contributed by atoms with Gasteiger partial charge in [-0.3, -0.25) is 9.36 Å². The summed E-state index contributed by atoms with van der Waals surface area (Å²) in [6.07, 6.45) is 1.08. The van der Waals surface area contributed by atoms with Gasteiger partial charge in [0.2, 0.25) is 0 Å². The van der Waals surface area contributed by atoms with Gasteiger partial charge < -0.3 is 4.74 Å². The molecule has 3 nitrogen and oxygen atoms in total. The number of thioether (sulfide) groups is 1. The van der Waals surface area contributed by atoms with E-state index in [0.717, 1.165) is 5.75 Å². The lowest BCUT2D eigenvalue weighted by molar-refractivity contribution is -0.143. The van der Waals surface area contributed by atoms with E-state index < -0.39 is 0 Å². The van der Waals surface area contributed by atoms with Gasteiger partial charge in [-0.25, -0.2) is 0 Å². The second kappa shape index (κ2) is 9.22. The summed E-state index contributed by atoms with van der Waals surface area (Å²) in [5.74, 6) is 0.758. The standard InChI is InChI=1S/C16H23O3PS/c1-4-19-15(17)11-10-13(2)16(3,20-18)12-21-14-8-6-5-7-9-14/h5-9,13H,4,10-12H2,1-3H3. The molecule has 0 bridgehead atoms. The third-order valence-electron chi connectivity index (χ3n) is 3.63. The second-order valence-electron chi connectivity index (χ2n) is 5.29. The van der Waals surface area contributed by atoms with E-state index in [1.54, 1.807) is 18.7 Å². The number of benzene rings is 1. The molecular formula is C16H23O3PS. The molecule has 2 atom stereocenters. The summed E-state index contributed by atoms with van der Waals surface area (Å²) in [4.78, 5) is 12.6. The van der Waals surface area contributed by atoms with Gasteiger partial charge in [0, 0.05) is 17.1 Å². The van der Waals surface area contributed by atoms with Gasteiger partial charge in [0.15, 0.2) is 8.46 Å². The van der Waals surface area contributed by atoms with E-state index in [1.807, 2.05) is 25.1 Å². The summed E-state index contributed by atoms with van der Waals surface area (Å²) in [5.41, 5.74) is 0. The summed E-state index contributed by atoms with van der Waals surface area (Å²) in [7, 11) is 0.128. The molecule has 0 radical (unpaired) electrons. The average Bonchev–Trinajstić information content (AvgIpc) is 2.51. The molecule has 0 amide bonds. The van der Waals surface area contributed by atoms with Crippen LogP contribution in [0, 0.1) is 5.92 Å². The van der Waals surface area contributed by atoms with Gasteiger partial charge in [-0.2, -0.15) is 0 Å². The molecule has 0 aromatic heterocycles. The highest BCUT2D eigenvalue weighted by Crippen LogP contribution is 2.39. The average molecular weight is 326 g/mol. The number of carbonyl (C=O) groups is 1. The van der Waals surface area contributed by atoms with Crippen molar-refractivity contribution >= 4 is 26.2 Å². The molecule has 5 heteroatoms. The Morgan fingerprint density at radius 1 is 1.38 bits per heavy atom.